The Balaban J connectivity index is 2.47. The highest BCUT2D eigenvalue weighted by atomic mass is 32.2. The molecule has 1 rings (SSSR count). The third-order valence-corrected chi connectivity index (χ3v) is 3.44. The Morgan fingerprint density at radius 2 is 1.75 bits per heavy atom. The standard InChI is InChI=1S/C12H14N2O5S/c1-8(15)13-14-11(16)7-20(19)6-9-2-4-10(5-3-9)12(17)18/h2-5H,6-7H2,1H3,(H,13,15)(H,14,16)(H,17,18). The van der Waals surface area contributed by atoms with Gasteiger partial charge in [0.2, 0.25) is 5.91 Å². The average Bonchev–Trinajstić information content (AvgIpc) is 2.36. The summed E-state index contributed by atoms with van der Waals surface area (Å²) in [6.07, 6.45) is 0. The van der Waals surface area contributed by atoms with Crippen LogP contribution in [0, 0.1) is 0 Å². The number of rotatable bonds is 5. The van der Waals surface area contributed by atoms with E-state index in [1.807, 2.05) is 0 Å². The molecule has 1 unspecified atom stereocenters. The lowest BCUT2D eigenvalue weighted by Crippen LogP contribution is -2.42. The molecule has 0 saturated heterocycles. The number of hydrazine groups is 1. The van der Waals surface area contributed by atoms with Crippen LogP contribution in [0.3, 0.4) is 0 Å². The van der Waals surface area contributed by atoms with Gasteiger partial charge < -0.3 is 5.11 Å². The van der Waals surface area contributed by atoms with Gasteiger partial charge in [-0.15, -0.1) is 0 Å². The summed E-state index contributed by atoms with van der Waals surface area (Å²) in [7, 11) is -1.44. The summed E-state index contributed by atoms with van der Waals surface area (Å²) < 4.78 is 11.7. The Labute approximate surface area is 117 Å². The van der Waals surface area contributed by atoms with Gasteiger partial charge in [0.15, 0.2) is 0 Å². The average molecular weight is 298 g/mol. The van der Waals surface area contributed by atoms with Crippen LogP contribution < -0.4 is 10.9 Å². The zero-order chi connectivity index (χ0) is 15.1. The van der Waals surface area contributed by atoms with Crippen molar-refractivity contribution in [2.45, 2.75) is 12.7 Å². The molecule has 0 bridgehead atoms. The number of aromatic carboxylic acids is 1. The van der Waals surface area contributed by atoms with E-state index in [2.05, 4.69) is 10.9 Å². The number of benzene rings is 1. The Morgan fingerprint density at radius 1 is 1.15 bits per heavy atom. The van der Waals surface area contributed by atoms with Crippen molar-refractivity contribution in [2.24, 2.45) is 0 Å². The highest BCUT2D eigenvalue weighted by Gasteiger charge is 2.09. The fraction of sp³-hybridized carbons (Fsp3) is 0.250. The van der Waals surface area contributed by atoms with Crippen molar-refractivity contribution in [1.29, 1.82) is 0 Å². The molecule has 108 valence electrons. The highest BCUT2D eigenvalue weighted by Crippen LogP contribution is 2.07. The van der Waals surface area contributed by atoms with E-state index in [0.29, 0.717) is 5.56 Å². The van der Waals surface area contributed by atoms with Crippen molar-refractivity contribution >= 4 is 28.6 Å². The first-order valence-electron chi connectivity index (χ1n) is 5.61. The summed E-state index contributed by atoms with van der Waals surface area (Å²) >= 11 is 0. The van der Waals surface area contributed by atoms with E-state index < -0.39 is 28.6 Å². The third-order valence-electron chi connectivity index (χ3n) is 2.20. The molecular formula is C12H14N2O5S. The van der Waals surface area contributed by atoms with Gasteiger partial charge in [-0.25, -0.2) is 4.79 Å². The Bertz CT molecular complexity index is 541. The van der Waals surface area contributed by atoms with Gasteiger partial charge in [0.25, 0.3) is 5.91 Å². The minimum atomic E-state index is -1.44. The molecule has 0 fully saturated rings. The van der Waals surface area contributed by atoms with E-state index in [4.69, 9.17) is 5.11 Å². The van der Waals surface area contributed by atoms with Crippen molar-refractivity contribution in [2.75, 3.05) is 5.75 Å². The minimum Gasteiger partial charge on any atom is -0.478 e. The molecule has 0 heterocycles. The molecule has 3 N–H and O–H groups in total. The normalized spacial score (nSPS) is 11.4. The monoisotopic (exact) mass is 298 g/mol. The predicted molar refractivity (Wildman–Crippen MR) is 72.1 cm³/mol. The smallest absolute Gasteiger partial charge is 0.335 e. The van der Waals surface area contributed by atoms with Crippen LogP contribution in [-0.2, 0) is 26.1 Å². The van der Waals surface area contributed by atoms with Crippen LogP contribution in [0.1, 0.15) is 22.8 Å². The first-order valence-corrected chi connectivity index (χ1v) is 7.10. The van der Waals surface area contributed by atoms with Gasteiger partial charge in [-0.05, 0) is 17.7 Å². The zero-order valence-electron chi connectivity index (χ0n) is 10.7. The molecule has 0 aliphatic rings. The molecule has 7 nitrogen and oxygen atoms in total. The topological polar surface area (TPSA) is 113 Å². The van der Waals surface area contributed by atoms with E-state index >= 15 is 0 Å². The van der Waals surface area contributed by atoms with E-state index in [-0.39, 0.29) is 17.1 Å². The van der Waals surface area contributed by atoms with Crippen LogP contribution in [0.4, 0.5) is 0 Å². The van der Waals surface area contributed by atoms with Gasteiger partial charge in [0.1, 0.15) is 5.75 Å². The molecular weight excluding hydrogens is 284 g/mol. The largest absolute Gasteiger partial charge is 0.478 e. The second-order valence-corrected chi connectivity index (χ2v) is 5.42. The summed E-state index contributed by atoms with van der Waals surface area (Å²) in [5.74, 6) is -2.13. The maximum atomic E-state index is 11.7. The number of carbonyl (C=O) groups is 3. The SMILES string of the molecule is CC(=O)NNC(=O)CS(=O)Cc1ccc(C(=O)O)cc1. The van der Waals surface area contributed by atoms with Crippen LogP contribution >= 0.6 is 0 Å². The van der Waals surface area contributed by atoms with Crippen LogP contribution in [0.5, 0.6) is 0 Å². The van der Waals surface area contributed by atoms with Gasteiger partial charge in [-0.1, -0.05) is 12.1 Å². The van der Waals surface area contributed by atoms with Gasteiger partial charge in [-0.3, -0.25) is 24.6 Å². The van der Waals surface area contributed by atoms with Gasteiger partial charge in [0, 0.05) is 23.5 Å². The van der Waals surface area contributed by atoms with Crippen LogP contribution in [0.2, 0.25) is 0 Å². The summed E-state index contributed by atoms with van der Waals surface area (Å²) in [6.45, 7) is 1.24. The summed E-state index contributed by atoms with van der Waals surface area (Å²) in [4.78, 5) is 32.5. The summed E-state index contributed by atoms with van der Waals surface area (Å²) in [5, 5.41) is 8.73. The molecule has 8 heteroatoms. The van der Waals surface area contributed by atoms with E-state index in [0.717, 1.165) is 0 Å². The van der Waals surface area contributed by atoms with Gasteiger partial charge in [-0.2, -0.15) is 0 Å². The van der Waals surface area contributed by atoms with Gasteiger partial charge in [0.05, 0.1) is 5.56 Å². The maximum Gasteiger partial charge on any atom is 0.335 e. The molecule has 1 aromatic rings. The minimum absolute atomic E-state index is 0.132. The number of nitrogens with one attached hydrogen (secondary N) is 2. The summed E-state index contributed by atoms with van der Waals surface area (Å²) in [5.41, 5.74) is 5.02. The highest BCUT2D eigenvalue weighted by molar-refractivity contribution is 7.84. The Hall–Kier alpha value is -2.22. The molecule has 0 spiro atoms. The molecule has 0 aliphatic heterocycles. The first kappa shape index (κ1) is 15.8. The quantitative estimate of drug-likeness (QED) is 0.652. The number of hydrogen-bond donors (Lipinski definition) is 3. The molecule has 1 atom stereocenters. The number of carboxylic acid groups (broad SMARTS) is 1. The van der Waals surface area contributed by atoms with E-state index in [1.54, 1.807) is 12.1 Å². The fourth-order valence-electron chi connectivity index (χ4n) is 1.32. The van der Waals surface area contributed by atoms with Crippen molar-refractivity contribution < 1.29 is 23.7 Å². The van der Waals surface area contributed by atoms with Crippen molar-refractivity contribution in [3.05, 3.63) is 35.4 Å². The zero-order valence-corrected chi connectivity index (χ0v) is 11.5. The van der Waals surface area contributed by atoms with Crippen molar-refractivity contribution in [3.8, 4) is 0 Å². The maximum absolute atomic E-state index is 11.7. The molecule has 20 heavy (non-hydrogen) atoms. The Morgan fingerprint density at radius 3 is 2.25 bits per heavy atom. The number of hydrogen-bond acceptors (Lipinski definition) is 4. The first-order chi connectivity index (χ1) is 9.38. The summed E-state index contributed by atoms with van der Waals surface area (Å²) in [6, 6.07) is 5.92. The molecule has 0 radical (unpaired) electrons. The lowest BCUT2D eigenvalue weighted by molar-refractivity contribution is -0.126. The second kappa shape index (κ2) is 7.39. The van der Waals surface area contributed by atoms with Crippen molar-refractivity contribution in [1.82, 2.24) is 10.9 Å². The molecule has 0 saturated carbocycles. The Kier molecular flexibility index (Phi) is 5.85. The fourth-order valence-corrected chi connectivity index (χ4v) is 2.35. The lowest BCUT2D eigenvalue weighted by Gasteiger charge is -2.05. The predicted octanol–water partition coefficient (Wildman–Crippen LogP) is -0.199. The van der Waals surface area contributed by atoms with Crippen LogP contribution in [-0.4, -0.2) is 32.9 Å². The molecule has 0 aliphatic carbocycles. The number of amides is 2. The number of carbonyl (C=O) groups excluding carboxylic acids is 2. The molecule has 1 aromatic carbocycles. The van der Waals surface area contributed by atoms with Crippen molar-refractivity contribution in [3.63, 3.8) is 0 Å². The molecule has 0 aromatic heterocycles. The lowest BCUT2D eigenvalue weighted by atomic mass is 10.1. The van der Waals surface area contributed by atoms with Crippen LogP contribution in [0.15, 0.2) is 24.3 Å². The second-order valence-electron chi connectivity index (χ2n) is 3.96. The van der Waals surface area contributed by atoms with Crippen LogP contribution in [0.25, 0.3) is 0 Å². The van der Waals surface area contributed by atoms with Gasteiger partial charge >= 0.3 is 5.97 Å². The molecule has 2 amide bonds. The third kappa shape index (κ3) is 5.61. The van der Waals surface area contributed by atoms with E-state index in [1.165, 1.54) is 19.1 Å². The number of carboxylic acids is 1. The van der Waals surface area contributed by atoms with E-state index in [9.17, 15) is 18.6 Å².